The third kappa shape index (κ3) is 7.18. The first-order valence-electron chi connectivity index (χ1n) is 20.0. The maximum atomic E-state index is 13.6. The fourth-order valence-electron chi connectivity index (χ4n) is 9.61. The smallest absolute Gasteiger partial charge is 0.433 e. The molecule has 1 spiro atoms. The van der Waals surface area contributed by atoms with Crippen molar-refractivity contribution in [2.24, 2.45) is 11.3 Å². The van der Waals surface area contributed by atoms with E-state index >= 15 is 0 Å². The summed E-state index contributed by atoms with van der Waals surface area (Å²) in [6, 6.07) is 11.1. The minimum atomic E-state index is -4.67. The molecular weight excluding hydrogens is 770 g/mol. The van der Waals surface area contributed by atoms with Gasteiger partial charge in [-0.15, -0.1) is 0 Å². The summed E-state index contributed by atoms with van der Waals surface area (Å²) < 4.78 is 47.0. The van der Waals surface area contributed by atoms with Gasteiger partial charge in [0.1, 0.15) is 23.2 Å². The molecule has 3 saturated heterocycles. The van der Waals surface area contributed by atoms with Gasteiger partial charge in [0.2, 0.25) is 11.8 Å². The number of alkyl halides is 3. The van der Waals surface area contributed by atoms with Crippen molar-refractivity contribution in [3.8, 4) is 5.75 Å². The highest BCUT2D eigenvalue weighted by Gasteiger charge is 2.50. The first-order valence-corrected chi connectivity index (χ1v) is 20.0. The number of benzene rings is 2. The van der Waals surface area contributed by atoms with Crippen LogP contribution >= 0.6 is 0 Å². The molecule has 9 rings (SSSR count). The lowest BCUT2D eigenvalue weighted by Gasteiger charge is -2.55. The van der Waals surface area contributed by atoms with E-state index in [-0.39, 0.29) is 30.0 Å². The van der Waals surface area contributed by atoms with Gasteiger partial charge in [0, 0.05) is 49.1 Å². The summed E-state index contributed by atoms with van der Waals surface area (Å²) in [6.45, 7) is 4.63. The topological polar surface area (TPSA) is 159 Å². The number of rotatable bonds is 8. The normalized spacial score (nSPS) is 23.4. The number of carbonyl (C=O) groups excluding carboxylic acids is 5. The zero-order valence-electron chi connectivity index (χ0n) is 32.4. The summed E-state index contributed by atoms with van der Waals surface area (Å²) in [6.07, 6.45) is 3.62. The maximum Gasteiger partial charge on any atom is 0.433 e. The van der Waals surface area contributed by atoms with Gasteiger partial charge in [-0.3, -0.25) is 38.9 Å². The maximum absolute atomic E-state index is 13.6. The van der Waals surface area contributed by atoms with Crippen LogP contribution in [0, 0.1) is 11.3 Å². The summed E-state index contributed by atoms with van der Waals surface area (Å²) in [5.74, 6) is -1.87. The molecule has 14 nitrogen and oxygen atoms in total. The Morgan fingerprint density at radius 3 is 2.42 bits per heavy atom. The van der Waals surface area contributed by atoms with Gasteiger partial charge in [-0.05, 0) is 94.3 Å². The summed E-state index contributed by atoms with van der Waals surface area (Å²) in [5, 5.41) is 10.5. The van der Waals surface area contributed by atoms with E-state index in [1.807, 2.05) is 16.9 Å². The van der Waals surface area contributed by atoms with E-state index in [0.717, 1.165) is 99.4 Å². The Hall–Kier alpha value is -5.84. The number of aromatic nitrogens is 3. The summed E-state index contributed by atoms with van der Waals surface area (Å²) in [4.78, 5) is 73.4. The molecule has 2 aromatic carbocycles. The van der Waals surface area contributed by atoms with E-state index in [1.54, 1.807) is 24.3 Å². The van der Waals surface area contributed by atoms with Gasteiger partial charge in [-0.25, -0.2) is 4.98 Å². The number of nitrogens with one attached hydrogen (secondary N) is 2. The second kappa shape index (κ2) is 14.8. The number of pyridine rings is 1. The van der Waals surface area contributed by atoms with Crippen molar-refractivity contribution in [2.45, 2.75) is 69.6 Å². The van der Waals surface area contributed by atoms with Crippen LogP contribution in [0.3, 0.4) is 0 Å². The summed E-state index contributed by atoms with van der Waals surface area (Å²) in [7, 11) is 1.45. The first-order chi connectivity index (χ1) is 28.3. The number of nitrogens with zero attached hydrogens (tertiary/aromatic N) is 6. The number of anilines is 2. The van der Waals surface area contributed by atoms with E-state index in [4.69, 9.17) is 9.84 Å². The molecule has 1 saturated carbocycles. The van der Waals surface area contributed by atoms with Crippen LogP contribution in [0.4, 0.5) is 24.5 Å². The number of methoxy groups -OCH3 is 1. The van der Waals surface area contributed by atoms with Crippen LogP contribution in [0.2, 0.25) is 0 Å². The fourth-order valence-corrected chi connectivity index (χ4v) is 9.61. The lowest BCUT2D eigenvalue weighted by molar-refractivity contribution is -0.141. The Balaban J connectivity index is 0.770. The number of halogens is 3. The van der Waals surface area contributed by atoms with E-state index < -0.39 is 47.4 Å². The molecule has 5 amide bonds. The number of piperidine rings is 2. The van der Waals surface area contributed by atoms with Crippen LogP contribution < -0.4 is 20.3 Å². The van der Waals surface area contributed by atoms with E-state index in [1.165, 1.54) is 13.2 Å². The van der Waals surface area contributed by atoms with Crippen molar-refractivity contribution in [3.63, 3.8) is 0 Å². The van der Waals surface area contributed by atoms with Crippen molar-refractivity contribution >= 4 is 51.8 Å². The molecule has 17 heteroatoms. The largest absolute Gasteiger partial charge is 0.494 e. The van der Waals surface area contributed by atoms with Crippen LogP contribution in [-0.4, -0.2) is 100.0 Å². The Labute approximate surface area is 337 Å². The molecule has 5 aliphatic rings. The molecule has 308 valence electrons. The molecule has 1 unspecified atom stereocenters. The third-order valence-corrected chi connectivity index (χ3v) is 12.8. The summed E-state index contributed by atoms with van der Waals surface area (Å²) in [5.41, 5.74) is 0.998. The van der Waals surface area contributed by atoms with Gasteiger partial charge >= 0.3 is 6.18 Å². The minimum absolute atomic E-state index is 0.0785. The summed E-state index contributed by atoms with van der Waals surface area (Å²) >= 11 is 0. The molecule has 1 aliphatic carbocycles. The van der Waals surface area contributed by atoms with Crippen molar-refractivity contribution in [1.29, 1.82) is 0 Å². The Kier molecular flexibility index (Phi) is 9.68. The Bertz CT molecular complexity index is 2370. The van der Waals surface area contributed by atoms with Crippen molar-refractivity contribution < 1.29 is 41.9 Å². The molecule has 59 heavy (non-hydrogen) atoms. The Morgan fingerprint density at radius 1 is 0.966 bits per heavy atom. The van der Waals surface area contributed by atoms with Gasteiger partial charge in [0.05, 0.1) is 41.2 Å². The Morgan fingerprint density at radius 2 is 1.71 bits per heavy atom. The lowest BCUT2D eigenvalue weighted by Crippen LogP contribution is -2.61. The predicted molar refractivity (Wildman–Crippen MR) is 208 cm³/mol. The van der Waals surface area contributed by atoms with Crippen LogP contribution in [0.5, 0.6) is 5.75 Å². The predicted octanol–water partition coefficient (Wildman–Crippen LogP) is 5.45. The molecule has 2 aromatic heterocycles. The average Bonchev–Trinajstić information content (AvgIpc) is 3.74. The van der Waals surface area contributed by atoms with Gasteiger partial charge in [-0.1, -0.05) is 12.1 Å². The first kappa shape index (κ1) is 38.7. The van der Waals surface area contributed by atoms with Gasteiger partial charge < -0.3 is 19.9 Å². The molecular formula is C42H43F3N8O6. The van der Waals surface area contributed by atoms with Crippen LogP contribution in [0.1, 0.15) is 94.3 Å². The van der Waals surface area contributed by atoms with E-state index in [9.17, 15) is 37.1 Å². The average molecular weight is 813 g/mol. The van der Waals surface area contributed by atoms with Gasteiger partial charge in [-0.2, -0.15) is 18.3 Å². The van der Waals surface area contributed by atoms with E-state index in [2.05, 4.69) is 25.4 Å². The third-order valence-electron chi connectivity index (χ3n) is 12.8. The SMILES string of the molecule is COc1cc2nn(C3CCC(CN4CCC5(CC4)CN(c4cccc6c4C(=O)N(C4CCC(=O)NC4=O)C6=O)C5)CC3)cc2cc1NC(=O)c1cccc(C(F)(F)F)n1. The van der Waals surface area contributed by atoms with E-state index in [0.29, 0.717) is 34.0 Å². The molecule has 4 aromatic rings. The molecule has 4 fully saturated rings. The zero-order valence-corrected chi connectivity index (χ0v) is 32.4. The molecule has 6 heterocycles. The monoisotopic (exact) mass is 812 g/mol. The second-order valence-corrected chi connectivity index (χ2v) is 16.6. The fraction of sp³-hybridized carbons (Fsp3) is 0.452. The number of amides is 5. The number of imide groups is 2. The number of ether oxygens (including phenoxy) is 1. The van der Waals surface area contributed by atoms with Crippen LogP contribution in [0.15, 0.2) is 54.7 Å². The zero-order chi connectivity index (χ0) is 41.2. The molecule has 0 bridgehead atoms. The van der Waals surface area contributed by atoms with Crippen LogP contribution in [0.25, 0.3) is 10.9 Å². The van der Waals surface area contributed by atoms with Crippen molar-refractivity contribution in [3.05, 3.63) is 77.2 Å². The molecule has 2 N–H and O–H groups in total. The second-order valence-electron chi connectivity index (χ2n) is 16.6. The number of likely N-dealkylation sites (tertiary alicyclic amines) is 1. The number of hydrogen-bond acceptors (Lipinski definition) is 10. The standard InChI is InChI=1S/C42H43F3N8O6/c1-59-33-19-29-25(18-30(33)47-37(55)28-5-3-7-34(46-28)42(43,44)45)21-52(49-29)26-10-8-24(9-11-26)20-50-16-14-41(15-17-50)22-51(23-41)31-6-2-4-27-36(31)40(58)53(39(27)57)32-12-13-35(54)48-38(32)56/h2-7,18-19,21,24,26,32H,8-17,20,22-23H2,1H3,(H,47,55)(H,48,54,56). The lowest BCUT2D eigenvalue weighted by atomic mass is 9.71. The van der Waals surface area contributed by atoms with Gasteiger partial charge in [0.25, 0.3) is 17.7 Å². The number of carbonyl (C=O) groups is 5. The molecule has 4 aliphatic heterocycles. The highest BCUT2D eigenvalue weighted by atomic mass is 19.4. The number of hydrogen-bond donors (Lipinski definition) is 2. The van der Waals surface area contributed by atoms with Crippen molar-refractivity contribution in [2.75, 3.05) is 50.1 Å². The highest BCUT2D eigenvalue weighted by Crippen LogP contribution is 2.46. The molecule has 1 atom stereocenters. The molecule has 0 radical (unpaired) electrons. The highest BCUT2D eigenvalue weighted by molar-refractivity contribution is 6.25. The minimum Gasteiger partial charge on any atom is -0.494 e. The van der Waals surface area contributed by atoms with Crippen molar-refractivity contribution in [1.82, 2.24) is 29.9 Å². The quantitative estimate of drug-likeness (QED) is 0.220. The number of fused-ring (bicyclic) bond motifs is 2. The van der Waals surface area contributed by atoms with Gasteiger partial charge in [0.15, 0.2) is 0 Å². The van der Waals surface area contributed by atoms with Crippen LogP contribution in [-0.2, 0) is 15.8 Å².